The van der Waals surface area contributed by atoms with Crippen molar-refractivity contribution in [1.82, 2.24) is 5.32 Å². The summed E-state index contributed by atoms with van der Waals surface area (Å²) in [6, 6.07) is 5.93. The number of anilines is 1. The molecule has 2 unspecified atom stereocenters. The maximum absolute atomic E-state index is 12.9. The van der Waals surface area contributed by atoms with Crippen molar-refractivity contribution in [2.24, 2.45) is 11.8 Å². The zero-order valence-electron chi connectivity index (χ0n) is 17.0. The molecule has 1 aliphatic heterocycles. The van der Waals surface area contributed by atoms with Gasteiger partial charge in [-0.15, -0.1) is 0 Å². The average Bonchev–Trinajstić information content (AvgIpc) is 2.67. The summed E-state index contributed by atoms with van der Waals surface area (Å²) < 4.78 is 10.4. The van der Waals surface area contributed by atoms with Crippen LogP contribution in [0.2, 0.25) is 0 Å². The summed E-state index contributed by atoms with van der Waals surface area (Å²) >= 11 is 0. The topological polar surface area (TPSA) is 93.7 Å². The van der Waals surface area contributed by atoms with Crippen molar-refractivity contribution in [1.29, 1.82) is 0 Å². The van der Waals surface area contributed by atoms with Gasteiger partial charge in [0, 0.05) is 38.7 Å². The van der Waals surface area contributed by atoms with Gasteiger partial charge in [-0.25, -0.2) is 0 Å². The molecule has 1 aromatic carbocycles. The van der Waals surface area contributed by atoms with E-state index in [2.05, 4.69) is 10.6 Å². The number of hydrogen-bond acceptors (Lipinski definition) is 5. The molecule has 0 spiro atoms. The number of nitrogens with one attached hydrogen (secondary N) is 2. The molecule has 1 fully saturated rings. The molecule has 0 aromatic heterocycles. The quantitative estimate of drug-likeness (QED) is 0.499. The van der Waals surface area contributed by atoms with Gasteiger partial charge in [0.15, 0.2) is 6.29 Å². The van der Waals surface area contributed by atoms with E-state index in [-0.39, 0.29) is 30.4 Å². The summed E-state index contributed by atoms with van der Waals surface area (Å²) in [6.45, 7) is 3.81. The lowest BCUT2D eigenvalue weighted by molar-refractivity contribution is -0.140. The molecule has 28 heavy (non-hydrogen) atoms. The number of aryl methyl sites for hydroxylation is 2. The Bertz CT molecular complexity index is 715. The lowest BCUT2D eigenvalue weighted by atomic mass is 9.83. The molecule has 1 heterocycles. The van der Waals surface area contributed by atoms with Crippen LogP contribution in [-0.4, -0.2) is 38.2 Å². The van der Waals surface area contributed by atoms with Crippen LogP contribution in [0.25, 0.3) is 0 Å². The van der Waals surface area contributed by atoms with Crippen LogP contribution in [0.15, 0.2) is 18.2 Å². The maximum atomic E-state index is 12.9. The van der Waals surface area contributed by atoms with Gasteiger partial charge in [-0.1, -0.05) is 19.1 Å². The Kier molecular flexibility index (Phi) is 8.14. The van der Waals surface area contributed by atoms with E-state index in [4.69, 9.17) is 9.47 Å². The standard InChI is InChI=1S/C21H30N2O5/c1-5-15(16-9-10-18(24)23-21(16)26)20(25)22-17-12-14(7-6-13(17)2)8-11-19(27-3)28-4/h6-7,12,15-16,19H,5,8-11H2,1-4H3,(H,22,25)(H,23,24,26). The van der Waals surface area contributed by atoms with Crippen molar-refractivity contribution >= 4 is 23.4 Å². The predicted molar refractivity (Wildman–Crippen MR) is 106 cm³/mol. The van der Waals surface area contributed by atoms with E-state index in [1.54, 1.807) is 14.2 Å². The van der Waals surface area contributed by atoms with Crippen molar-refractivity contribution in [2.75, 3.05) is 19.5 Å². The van der Waals surface area contributed by atoms with Crippen molar-refractivity contribution in [3.05, 3.63) is 29.3 Å². The van der Waals surface area contributed by atoms with E-state index in [1.165, 1.54) is 0 Å². The highest BCUT2D eigenvalue weighted by Crippen LogP contribution is 2.27. The van der Waals surface area contributed by atoms with Gasteiger partial charge in [-0.2, -0.15) is 0 Å². The summed E-state index contributed by atoms with van der Waals surface area (Å²) in [4.78, 5) is 36.4. The largest absolute Gasteiger partial charge is 0.356 e. The highest BCUT2D eigenvalue weighted by Gasteiger charge is 2.36. The SMILES string of the molecule is CCC(C(=O)Nc1cc(CCC(OC)OC)ccc1C)C1CCC(=O)NC1=O. The Morgan fingerprint density at radius 1 is 1.29 bits per heavy atom. The Morgan fingerprint density at radius 2 is 2.00 bits per heavy atom. The second kappa shape index (κ2) is 10.3. The molecule has 7 nitrogen and oxygen atoms in total. The van der Waals surface area contributed by atoms with E-state index in [9.17, 15) is 14.4 Å². The second-order valence-corrected chi connectivity index (χ2v) is 7.15. The van der Waals surface area contributed by atoms with Crippen molar-refractivity contribution < 1.29 is 23.9 Å². The van der Waals surface area contributed by atoms with E-state index in [0.29, 0.717) is 19.3 Å². The third-order valence-corrected chi connectivity index (χ3v) is 5.30. The van der Waals surface area contributed by atoms with Crippen LogP contribution in [0.5, 0.6) is 0 Å². The fourth-order valence-corrected chi connectivity index (χ4v) is 3.55. The first-order valence-corrected chi connectivity index (χ1v) is 9.69. The van der Waals surface area contributed by atoms with Crippen LogP contribution < -0.4 is 10.6 Å². The molecule has 0 aliphatic carbocycles. The molecule has 0 saturated carbocycles. The van der Waals surface area contributed by atoms with Gasteiger partial charge in [0.2, 0.25) is 17.7 Å². The summed E-state index contributed by atoms with van der Waals surface area (Å²) in [7, 11) is 3.21. The maximum Gasteiger partial charge on any atom is 0.230 e. The van der Waals surface area contributed by atoms with Gasteiger partial charge < -0.3 is 14.8 Å². The highest BCUT2D eigenvalue weighted by molar-refractivity contribution is 6.02. The monoisotopic (exact) mass is 390 g/mol. The van der Waals surface area contributed by atoms with E-state index >= 15 is 0 Å². The van der Waals surface area contributed by atoms with Crippen molar-refractivity contribution in [3.63, 3.8) is 0 Å². The molecule has 1 aromatic rings. The molecule has 0 radical (unpaired) electrons. The molecule has 154 valence electrons. The Balaban J connectivity index is 2.08. The molecule has 1 saturated heterocycles. The molecule has 3 amide bonds. The summed E-state index contributed by atoms with van der Waals surface area (Å²) in [5.74, 6) is -1.76. The van der Waals surface area contributed by atoms with E-state index in [0.717, 1.165) is 23.2 Å². The minimum Gasteiger partial charge on any atom is -0.356 e. The van der Waals surface area contributed by atoms with Crippen LogP contribution in [0.1, 0.15) is 43.7 Å². The van der Waals surface area contributed by atoms with Gasteiger partial charge in [0.05, 0.1) is 5.92 Å². The molecule has 7 heteroatoms. The third-order valence-electron chi connectivity index (χ3n) is 5.30. The third kappa shape index (κ3) is 5.62. The minimum absolute atomic E-state index is 0.191. The molecule has 1 aliphatic rings. The van der Waals surface area contributed by atoms with Crippen LogP contribution in [0, 0.1) is 18.8 Å². The lowest BCUT2D eigenvalue weighted by Gasteiger charge is -2.27. The van der Waals surface area contributed by atoms with E-state index < -0.39 is 11.8 Å². The summed E-state index contributed by atoms with van der Waals surface area (Å²) in [5, 5.41) is 5.32. The Labute approximate surface area is 166 Å². The molecule has 2 N–H and O–H groups in total. The average molecular weight is 390 g/mol. The molecular weight excluding hydrogens is 360 g/mol. The van der Waals surface area contributed by atoms with Gasteiger partial charge in [0.25, 0.3) is 0 Å². The van der Waals surface area contributed by atoms with Gasteiger partial charge in [0.1, 0.15) is 0 Å². The minimum atomic E-state index is -0.477. The number of imide groups is 1. The normalized spacial score (nSPS) is 18.1. The molecule has 2 atom stereocenters. The van der Waals surface area contributed by atoms with Crippen LogP contribution in [-0.2, 0) is 30.3 Å². The lowest BCUT2D eigenvalue weighted by Crippen LogP contribution is -2.46. The van der Waals surface area contributed by atoms with Crippen LogP contribution in [0.4, 0.5) is 5.69 Å². The fourth-order valence-electron chi connectivity index (χ4n) is 3.55. The fraction of sp³-hybridized carbons (Fsp3) is 0.571. The van der Waals surface area contributed by atoms with Gasteiger partial charge in [-0.05, 0) is 43.4 Å². The first kappa shape index (κ1) is 22.0. The van der Waals surface area contributed by atoms with Crippen molar-refractivity contribution in [3.8, 4) is 0 Å². The number of hydrogen-bond donors (Lipinski definition) is 2. The zero-order chi connectivity index (χ0) is 20.7. The number of benzene rings is 1. The number of carbonyl (C=O) groups excluding carboxylic acids is 3. The zero-order valence-corrected chi connectivity index (χ0v) is 17.0. The summed E-state index contributed by atoms with van der Waals surface area (Å²) in [5.41, 5.74) is 2.75. The molecular formula is C21H30N2O5. The first-order valence-electron chi connectivity index (χ1n) is 9.69. The second-order valence-electron chi connectivity index (χ2n) is 7.15. The molecule has 0 bridgehead atoms. The molecule has 2 rings (SSSR count). The number of ether oxygens (including phenoxy) is 2. The number of amides is 3. The van der Waals surface area contributed by atoms with E-state index in [1.807, 2.05) is 32.0 Å². The summed E-state index contributed by atoms with van der Waals surface area (Å²) in [6.07, 6.45) is 2.40. The number of rotatable bonds is 9. The van der Waals surface area contributed by atoms with Crippen LogP contribution in [0.3, 0.4) is 0 Å². The number of piperidine rings is 1. The highest BCUT2D eigenvalue weighted by atomic mass is 16.7. The van der Waals surface area contributed by atoms with Crippen molar-refractivity contribution in [2.45, 2.75) is 52.2 Å². The van der Waals surface area contributed by atoms with Gasteiger partial charge >= 0.3 is 0 Å². The first-order chi connectivity index (χ1) is 13.4. The Morgan fingerprint density at radius 3 is 2.61 bits per heavy atom. The predicted octanol–water partition coefficient (Wildman–Crippen LogP) is 2.56. The Hall–Kier alpha value is -2.25. The number of methoxy groups -OCH3 is 2. The van der Waals surface area contributed by atoms with Crippen LogP contribution >= 0.6 is 0 Å². The van der Waals surface area contributed by atoms with Gasteiger partial charge in [-0.3, -0.25) is 19.7 Å². The number of carbonyl (C=O) groups is 3. The smallest absolute Gasteiger partial charge is 0.230 e.